The van der Waals surface area contributed by atoms with E-state index in [0.717, 1.165) is 29.0 Å². The summed E-state index contributed by atoms with van der Waals surface area (Å²) in [6.07, 6.45) is 1.84. The van der Waals surface area contributed by atoms with Crippen molar-refractivity contribution in [3.8, 4) is 0 Å². The van der Waals surface area contributed by atoms with E-state index in [4.69, 9.17) is 0 Å². The van der Waals surface area contributed by atoms with Crippen LogP contribution in [0.4, 0.5) is 14.6 Å². The van der Waals surface area contributed by atoms with Crippen LogP contribution in [0.5, 0.6) is 0 Å². The number of carbonyl (C=O) groups excluding carboxylic acids is 1. The lowest BCUT2D eigenvalue weighted by Crippen LogP contribution is -2.45. The zero-order valence-corrected chi connectivity index (χ0v) is 13.9. The molecule has 2 aromatic heterocycles. The SMILES string of the molecule is O=C(C1CCN(c2ncnc3ccsc23)C1)N1CCC(F)(F)CC1. The molecule has 0 aromatic carbocycles. The topological polar surface area (TPSA) is 49.3 Å². The molecule has 1 amide bonds. The molecule has 8 heteroatoms. The van der Waals surface area contributed by atoms with Gasteiger partial charge in [-0.25, -0.2) is 18.7 Å². The molecule has 5 nitrogen and oxygen atoms in total. The third-order valence-electron chi connectivity index (χ3n) is 4.87. The Morgan fingerprint density at radius 2 is 2.04 bits per heavy atom. The number of aromatic nitrogens is 2. The van der Waals surface area contributed by atoms with Gasteiger partial charge < -0.3 is 9.80 Å². The smallest absolute Gasteiger partial charge is 0.251 e. The van der Waals surface area contributed by atoms with Gasteiger partial charge in [-0.1, -0.05) is 0 Å². The Labute approximate surface area is 142 Å². The Morgan fingerprint density at radius 1 is 1.25 bits per heavy atom. The number of rotatable bonds is 2. The molecule has 2 fully saturated rings. The van der Waals surface area contributed by atoms with Crippen LogP contribution < -0.4 is 4.90 Å². The molecule has 2 saturated heterocycles. The summed E-state index contributed by atoms with van der Waals surface area (Å²) in [5, 5.41) is 1.98. The minimum atomic E-state index is -2.62. The third-order valence-corrected chi connectivity index (χ3v) is 5.77. The highest BCUT2D eigenvalue weighted by molar-refractivity contribution is 7.17. The second-order valence-electron chi connectivity index (χ2n) is 6.45. The van der Waals surface area contributed by atoms with Crippen molar-refractivity contribution >= 4 is 33.3 Å². The molecule has 0 radical (unpaired) electrons. The number of nitrogens with zero attached hydrogens (tertiary/aromatic N) is 4. The van der Waals surface area contributed by atoms with E-state index >= 15 is 0 Å². The highest BCUT2D eigenvalue weighted by Crippen LogP contribution is 2.33. The molecule has 0 saturated carbocycles. The second-order valence-corrected chi connectivity index (χ2v) is 7.36. The fraction of sp³-hybridized carbons (Fsp3) is 0.562. The number of anilines is 1. The van der Waals surface area contributed by atoms with Crippen LogP contribution in [-0.4, -0.2) is 52.9 Å². The van der Waals surface area contributed by atoms with Crippen molar-refractivity contribution < 1.29 is 13.6 Å². The fourth-order valence-corrected chi connectivity index (χ4v) is 4.33. The number of alkyl halides is 2. The normalized spacial score (nSPS) is 23.8. The van der Waals surface area contributed by atoms with Gasteiger partial charge in [0.15, 0.2) is 0 Å². The number of thiophene rings is 1. The Hall–Kier alpha value is -1.83. The molecule has 128 valence electrons. The monoisotopic (exact) mass is 352 g/mol. The van der Waals surface area contributed by atoms with Gasteiger partial charge in [0.2, 0.25) is 5.91 Å². The minimum absolute atomic E-state index is 0.00415. The van der Waals surface area contributed by atoms with Crippen LogP contribution in [0.2, 0.25) is 0 Å². The van der Waals surface area contributed by atoms with Crippen molar-refractivity contribution in [1.82, 2.24) is 14.9 Å². The van der Waals surface area contributed by atoms with E-state index in [9.17, 15) is 13.6 Å². The van der Waals surface area contributed by atoms with Gasteiger partial charge in [-0.3, -0.25) is 4.79 Å². The predicted octanol–water partition coefficient (Wildman–Crippen LogP) is 2.78. The summed E-state index contributed by atoms with van der Waals surface area (Å²) in [4.78, 5) is 25.0. The van der Waals surface area contributed by atoms with Crippen LogP contribution in [0, 0.1) is 5.92 Å². The number of fused-ring (bicyclic) bond motifs is 1. The predicted molar refractivity (Wildman–Crippen MR) is 88.5 cm³/mol. The van der Waals surface area contributed by atoms with Gasteiger partial charge in [-0.15, -0.1) is 11.3 Å². The van der Waals surface area contributed by atoms with E-state index in [1.165, 1.54) is 0 Å². The molecule has 0 spiro atoms. The van der Waals surface area contributed by atoms with Crippen LogP contribution in [0.15, 0.2) is 17.8 Å². The zero-order chi connectivity index (χ0) is 16.7. The molecule has 0 aliphatic carbocycles. The van der Waals surface area contributed by atoms with Crippen LogP contribution in [0.3, 0.4) is 0 Å². The summed E-state index contributed by atoms with van der Waals surface area (Å²) in [5.41, 5.74) is 0.915. The van der Waals surface area contributed by atoms with Crippen molar-refractivity contribution in [2.24, 2.45) is 5.92 Å². The summed E-state index contributed by atoms with van der Waals surface area (Å²) in [6.45, 7) is 1.66. The first-order valence-corrected chi connectivity index (χ1v) is 9.01. The number of amides is 1. The molecular formula is C16H18F2N4OS. The van der Waals surface area contributed by atoms with Crippen molar-refractivity contribution in [3.05, 3.63) is 17.8 Å². The molecule has 2 aromatic rings. The van der Waals surface area contributed by atoms with Crippen molar-refractivity contribution in [2.45, 2.75) is 25.2 Å². The molecule has 4 heterocycles. The number of hydrogen-bond donors (Lipinski definition) is 0. The third kappa shape index (κ3) is 2.83. The average Bonchev–Trinajstić information content (AvgIpc) is 3.23. The van der Waals surface area contributed by atoms with E-state index < -0.39 is 5.92 Å². The summed E-state index contributed by atoms with van der Waals surface area (Å²) in [5.74, 6) is -1.88. The summed E-state index contributed by atoms with van der Waals surface area (Å²) in [7, 11) is 0. The van der Waals surface area contributed by atoms with Gasteiger partial charge in [0.05, 0.1) is 16.1 Å². The maximum Gasteiger partial charge on any atom is 0.251 e. The van der Waals surface area contributed by atoms with Gasteiger partial charge in [0.1, 0.15) is 12.1 Å². The first-order chi connectivity index (χ1) is 11.5. The van der Waals surface area contributed by atoms with E-state index in [2.05, 4.69) is 14.9 Å². The molecule has 4 rings (SSSR count). The van der Waals surface area contributed by atoms with Crippen LogP contribution in [0.1, 0.15) is 19.3 Å². The van der Waals surface area contributed by atoms with Crippen molar-refractivity contribution in [1.29, 1.82) is 0 Å². The van der Waals surface area contributed by atoms with Gasteiger partial charge >= 0.3 is 0 Å². The molecule has 1 unspecified atom stereocenters. The molecule has 0 N–H and O–H groups in total. The van der Waals surface area contributed by atoms with E-state index in [0.29, 0.717) is 6.54 Å². The number of halogens is 2. The highest BCUT2D eigenvalue weighted by Gasteiger charge is 2.39. The molecule has 2 aliphatic heterocycles. The van der Waals surface area contributed by atoms with Crippen molar-refractivity contribution in [3.63, 3.8) is 0 Å². The van der Waals surface area contributed by atoms with E-state index in [1.807, 2.05) is 11.4 Å². The lowest BCUT2D eigenvalue weighted by Gasteiger charge is -2.33. The largest absolute Gasteiger partial charge is 0.355 e. The van der Waals surface area contributed by atoms with Gasteiger partial charge in [-0.05, 0) is 17.9 Å². The maximum absolute atomic E-state index is 13.3. The summed E-state index contributed by atoms with van der Waals surface area (Å²) in [6, 6.07) is 1.96. The van der Waals surface area contributed by atoms with Gasteiger partial charge in [-0.2, -0.15) is 0 Å². The number of likely N-dealkylation sites (tertiary alicyclic amines) is 1. The Balaban J connectivity index is 1.45. The number of piperidine rings is 1. The maximum atomic E-state index is 13.3. The summed E-state index contributed by atoms with van der Waals surface area (Å²) >= 11 is 1.59. The second kappa shape index (κ2) is 5.91. The minimum Gasteiger partial charge on any atom is -0.355 e. The zero-order valence-electron chi connectivity index (χ0n) is 13.1. The molecule has 2 aliphatic rings. The van der Waals surface area contributed by atoms with E-state index in [-0.39, 0.29) is 37.8 Å². The Kier molecular flexibility index (Phi) is 3.86. The lowest BCUT2D eigenvalue weighted by atomic mass is 10.0. The molecule has 1 atom stereocenters. The van der Waals surface area contributed by atoms with Crippen LogP contribution in [-0.2, 0) is 4.79 Å². The van der Waals surface area contributed by atoms with Gasteiger partial charge in [0.25, 0.3) is 5.92 Å². The van der Waals surface area contributed by atoms with Gasteiger partial charge in [0, 0.05) is 39.0 Å². The first kappa shape index (κ1) is 15.7. The lowest BCUT2D eigenvalue weighted by molar-refractivity contribution is -0.140. The Bertz CT molecular complexity index is 755. The Morgan fingerprint density at radius 3 is 2.83 bits per heavy atom. The fourth-order valence-electron chi connectivity index (χ4n) is 3.47. The summed E-state index contributed by atoms with van der Waals surface area (Å²) < 4.78 is 27.6. The molecule has 24 heavy (non-hydrogen) atoms. The first-order valence-electron chi connectivity index (χ1n) is 8.13. The quantitative estimate of drug-likeness (QED) is 0.834. The molecule has 0 bridgehead atoms. The number of hydrogen-bond acceptors (Lipinski definition) is 5. The number of carbonyl (C=O) groups is 1. The average molecular weight is 352 g/mol. The van der Waals surface area contributed by atoms with E-state index in [1.54, 1.807) is 22.6 Å². The van der Waals surface area contributed by atoms with Crippen LogP contribution >= 0.6 is 11.3 Å². The van der Waals surface area contributed by atoms with Crippen LogP contribution in [0.25, 0.3) is 10.2 Å². The molecular weight excluding hydrogens is 334 g/mol. The standard InChI is InChI=1S/C16H18F2N4OS/c17-16(18)3-6-21(7-4-16)15(23)11-1-5-22(9-11)14-13-12(2-8-24-13)19-10-20-14/h2,8,10-11H,1,3-7,9H2. The highest BCUT2D eigenvalue weighted by atomic mass is 32.1. The van der Waals surface area contributed by atoms with Crippen molar-refractivity contribution in [2.75, 3.05) is 31.1 Å².